The van der Waals surface area contributed by atoms with Crippen molar-refractivity contribution in [3.8, 4) is 0 Å². The summed E-state index contributed by atoms with van der Waals surface area (Å²) in [6.45, 7) is 0.384. The maximum atomic E-state index is 13.7. The molecule has 1 aliphatic rings. The highest BCUT2D eigenvalue weighted by atomic mass is 32.2. The minimum absolute atomic E-state index is 0.000395. The Morgan fingerprint density at radius 2 is 1.77 bits per heavy atom. The summed E-state index contributed by atoms with van der Waals surface area (Å²) in [5, 5.41) is 2.53. The molecular formula is C19H21FN2O3S. The molecule has 138 valence electrons. The fraction of sp³-hybridized carbons (Fsp3) is 0.316. The smallest absolute Gasteiger partial charge is 0.243 e. The molecule has 2 aromatic carbocycles. The van der Waals surface area contributed by atoms with E-state index in [9.17, 15) is 17.6 Å². The monoisotopic (exact) mass is 376 g/mol. The van der Waals surface area contributed by atoms with Gasteiger partial charge in [-0.25, -0.2) is 12.8 Å². The Balaban J connectivity index is 1.75. The van der Waals surface area contributed by atoms with Gasteiger partial charge in [-0.3, -0.25) is 4.79 Å². The predicted molar refractivity (Wildman–Crippen MR) is 97.6 cm³/mol. The number of carbonyl (C=O) groups is 1. The zero-order valence-corrected chi connectivity index (χ0v) is 15.1. The lowest BCUT2D eigenvalue weighted by molar-refractivity contribution is -0.117. The summed E-state index contributed by atoms with van der Waals surface area (Å²) in [4.78, 5) is 12.6. The van der Waals surface area contributed by atoms with Gasteiger partial charge in [0.25, 0.3) is 0 Å². The third-order valence-corrected chi connectivity index (χ3v) is 6.46. The molecule has 1 fully saturated rings. The molecule has 1 aliphatic heterocycles. The minimum Gasteiger partial charge on any atom is -0.324 e. The molecule has 7 heteroatoms. The number of benzene rings is 2. The average Bonchev–Trinajstić information content (AvgIpc) is 2.65. The van der Waals surface area contributed by atoms with Gasteiger partial charge in [0.15, 0.2) is 0 Å². The molecule has 0 bridgehead atoms. The van der Waals surface area contributed by atoms with E-state index in [4.69, 9.17) is 0 Å². The van der Waals surface area contributed by atoms with Gasteiger partial charge in [0, 0.05) is 19.0 Å². The number of nitrogens with zero attached hydrogens (tertiary/aromatic N) is 1. The van der Waals surface area contributed by atoms with Crippen LogP contribution in [-0.2, 0) is 14.8 Å². The number of rotatable bonds is 5. The standard InChI is InChI=1S/C19H21FN2O3S/c20-17-11-4-5-12-18(17)21-19(23)14-15-8-6-7-13-22(15)26(24,25)16-9-2-1-3-10-16/h1-5,9-12,15H,6-8,13-14H2,(H,21,23)/t15-/m1/s1. The molecule has 0 spiro atoms. The lowest BCUT2D eigenvalue weighted by atomic mass is 10.0. The van der Waals surface area contributed by atoms with Gasteiger partial charge in [0.2, 0.25) is 15.9 Å². The van der Waals surface area contributed by atoms with Gasteiger partial charge in [0.1, 0.15) is 5.82 Å². The minimum atomic E-state index is -3.66. The number of piperidine rings is 1. The molecule has 0 unspecified atom stereocenters. The molecule has 1 N–H and O–H groups in total. The average molecular weight is 376 g/mol. The Kier molecular flexibility index (Phi) is 5.68. The van der Waals surface area contributed by atoms with E-state index in [-0.39, 0.29) is 17.0 Å². The van der Waals surface area contributed by atoms with Crippen LogP contribution in [0.15, 0.2) is 59.5 Å². The normalized spacial score (nSPS) is 18.4. The molecule has 26 heavy (non-hydrogen) atoms. The Morgan fingerprint density at radius 3 is 2.50 bits per heavy atom. The van der Waals surface area contributed by atoms with E-state index in [1.54, 1.807) is 42.5 Å². The number of anilines is 1. The van der Waals surface area contributed by atoms with Gasteiger partial charge in [-0.15, -0.1) is 0 Å². The van der Waals surface area contributed by atoms with Crippen molar-refractivity contribution in [1.29, 1.82) is 0 Å². The summed E-state index contributed by atoms with van der Waals surface area (Å²) >= 11 is 0. The van der Waals surface area contributed by atoms with Crippen LogP contribution in [0.5, 0.6) is 0 Å². The summed E-state index contributed by atoms with van der Waals surface area (Å²) in [5.41, 5.74) is 0.103. The fourth-order valence-electron chi connectivity index (χ4n) is 3.20. The van der Waals surface area contributed by atoms with Crippen LogP contribution in [0.1, 0.15) is 25.7 Å². The Labute approximate surface area is 152 Å². The molecule has 1 heterocycles. The summed E-state index contributed by atoms with van der Waals surface area (Å²) in [7, 11) is -3.66. The molecule has 2 aromatic rings. The molecule has 0 radical (unpaired) electrons. The SMILES string of the molecule is O=C(C[C@H]1CCCCN1S(=O)(=O)c1ccccc1)Nc1ccccc1F. The molecular weight excluding hydrogens is 355 g/mol. The highest BCUT2D eigenvalue weighted by Gasteiger charge is 2.34. The first-order chi connectivity index (χ1) is 12.5. The van der Waals surface area contributed by atoms with Crippen molar-refractivity contribution in [2.45, 2.75) is 36.6 Å². The predicted octanol–water partition coefficient (Wildman–Crippen LogP) is 3.40. The van der Waals surface area contributed by atoms with Gasteiger partial charge in [-0.1, -0.05) is 36.8 Å². The van der Waals surface area contributed by atoms with Crippen molar-refractivity contribution >= 4 is 21.6 Å². The summed E-state index contributed by atoms with van der Waals surface area (Å²) in [5.74, 6) is -0.909. The first kappa shape index (κ1) is 18.5. The van der Waals surface area contributed by atoms with E-state index in [2.05, 4.69) is 5.32 Å². The number of hydrogen-bond acceptors (Lipinski definition) is 3. The van der Waals surface area contributed by atoms with Crippen molar-refractivity contribution in [1.82, 2.24) is 4.31 Å². The van der Waals surface area contributed by atoms with E-state index >= 15 is 0 Å². The van der Waals surface area contributed by atoms with Crippen LogP contribution >= 0.6 is 0 Å². The number of hydrogen-bond donors (Lipinski definition) is 1. The molecule has 1 atom stereocenters. The number of amides is 1. The lowest BCUT2D eigenvalue weighted by Gasteiger charge is -2.34. The van der Waals surface area contributed by atoms with Crippen LogP contribution in [0, 0.1) is 5.82 Å². The topological polar surface area (TPSA) is 66.5 Å². The zero-order valence-electron chi connectivity index (χ0n) is 14.3. The van der Waals surface area contributed by atoms with E-state index in [0.717, 1.165) is 12.8 Å². The zero-order chi connectivity index (χ0) is 18.6. The van der Waals surface area contributed by atoms with E-state index in [1.165, 1.54) is 16.4 Å². The lowest BCUT2D eigenvalue weighted by Crippen LogP contribution is -2.45. The van der Waals surface area contributed by atoms with Gasteiger partial charge in [-0.05, 0) is 37.1 Å². The summed E-state index contributed by atoms with van der Waals surface area (Å²) in [6.07, 6.45) is 2.23. The third-order valence-electron chi connectivity index (χ3n) is 4.49. The van der Waals surface area contributed by atoms with Crippen molar-refractivity contribution in [3.63, 3.8) is 0 Å². The number of sulfonamides is 1. The first-order valence-electron chi connectivity index (χ1n) is 8.60. The third kappa shape index (κ3) is 4.11. The second kappa shape index (κ2) is 7.97. The number of nitrogens with one attached hydrogen (secondary N) is 1. The molecule has 0 aromatic heterocycles. The maximum Gasteiger partial charge on any atom is 0.243 e. The van der Waals surface area contributed by atoms with Crippen molar-refractivity contribution in [3.05, 3.63) is 60.4 Å². The highest BCUT2D eigenvalue weighted by Crippen LogP contribution is 2.27. The Hall–Kier alpha value is -2.25. The van der Waals surface area contributed by atoms with Crippen LogP contribution < -0.4 is 5.32 Å². The second-order valence-electron chi connectivity index (χ2n) is 6.31. The van der Waals surface area contributed by atoms with Crippen molar-refractivity contribution < 1.29 is 17.6 Å². The number of para-hydroxylation sites is 1. The number of halogens is 1. The molecule has 1 saturated heterocycles. The van der Waals surface area contributed by atoms with E-state index in [0.29, 0.717) is 13.0 Å². The number of carbonyl (C=O) groups excluding carboxylic acids is 1. The molecule has 0 aliphatic carbocycles. The Bertz CT molecular complexity index is 871. The van der Waals surface area contributed by atoms with Crippen LogP contribution in [0.25, 0.3) is 0 Å². The van der Waals surface area contributed by atoms with Crippen LogP contribution in [0.2, 0.25) is 0 Å². The molecule has 1 amide bonds. The highest BCUT2D eigenvalue weighted by molar-refractivity contribution is 7.89. The molecule has 5 nitrogen and oxygen atoms in total. The van der Waals surface area contributed by atoms with E-state index in [1.807, 2.05) is 0 Å². The van der Waals surface area contributed by atoms with Crippen LogP contribution in [0.4, 0.5) is 10.1 Å². The van der Waals surface area contributed by atoms with Crippen LogP contribution in [0.3, 0.4) is 0 Å². The summed E-state index contributed by atoms with van der Waals surface area (Å²) in [6, 6.07) is 13.7. The fourth-order valence-corrected chi connectivity index (χ4v) is 4.91. The quantitative estimate of drug-likeness (QED) is 0.870. The Morgan fingerprint density at radius 1 is 1.08 bits per heavy atom. The van der Waals surface area contributed by atoms with Gasteiger partial charge < -0.3 is 5.32 Å². The molecule has 3 rings (SSSR count). The van der Waals surface area contributed by atoms with Gasteiger partial charge in [-0.2, -0.15) is 4.31 Å². The first-order valence-corrected chi connectivity index (χ1v) is 10.0. The maximum absolute atomic E-state index is 13.7. The summed E-state index contributed by atoms with van der Waals surface area (Å²) < 4.78 is 41.0. The molecule has 0 saturated carbocycles. The second-order valence-corrected chi connectivity index (χ2v) is 8.20. The van der Waals surface area contributed by atoms with Crippen molar-refractivity contribution in [2.75, 3.05) is 11.9 Å². The van der Waals surface area contributed by atoms with Crippen LogP contribution in [-0.4, -0.2) is 31.2 Å². The van der Waals surface area contributed by atoms with Crippen molar-refractivity contribution in [2.24, 2.45) is 0 Å². The van der Waals surface area contributed by atoms with E-state index < -0.39 is 27.8 Å². The van der Waals surface area contributed by atoms with Gasteiger partial charge in [0.05, 0.1) is 10.6 Å². The van der Waals surface area contributed by atoms with Gasteiger partial charge >= 0.3 is 0 Å². The largest absolute Gasteiger partial charge is 0.324 e.